The molecule has 156 valence electrons. The first-order valence-electron chi connectivity index (χ1n) is 9.64. The van der Waals surface area contributed by atoms with Crippen LogP contribution in [-0.4, -0.2) is 11.7 Å². The Kier molecular flexibility index (Phi) is 5.57. The Morgan fingerprint density at radius 3 is 2.61 bits per heavy atom. The second-order valence-corrected chi connectivity index (χ2v) is 8.11. The van der Waals surface area contributed by atoms with Gasteiger partial charge in [-0.3, -0.25) is 4.79 Å². The van der Waals surface area contributed by atoms with Crippen molar-refractivity contribution in [3.8, 4) is 17.6 Å². The molecule has 1 atom stereocenters. The van der Waals surface area contributed by atoms with E-state index in [0.29, 0.717) is 28.1 Å². The highest BCUT2D eigenvalue weighted by molar-refractivity contribution is 9.10. The van der Waals surface area contributed by atoms with Crippen molar-refractivity contribution in [3.05, 3.63) is 103 Å². The summed E-state index contributed by atoms with van der Waals surface area (Å²) in [5.74, 6) is 0.384. The van der Waals surface area contributed by atoms with Gasteiger partial charge in [-0.2, -0.15) is 5.26 Å². The number of nitrogens with zero attached hydrogens (tertiary/aromatic N) is 2. The van der Waals surface area contributed by atoms with E-state index in [0.717, 1.165) is 16.8 Å². The van der Waals surface area contributed by atoms with E-state index in [4.69, 9.17) is 15.2 Å². The SMILES string of the molecule is COc1ccc(C2C(C#N)=C(N)Oc3cc(C)n(Cc4ccccc4)c(=O)c32)cc1Br. The second-order valence-electron chi connectivity index (χ2n) is 7.26. The van der Waals surface area contributed by atoms with Crippen molar-refractivity contribution in [3.63, 3.8) is 0 Å². The number of methoxy groups -OCH3 is 1. The first-order chi connectivity index (χ1) is 14.9. The molecule has 0 fully saturated rings. The number of aryl methyl sites for hydroxylation is 1. The van der Waals surface area contributed by atoms with Crippen molar-refractivity contribution in [2.24, 2.45) is 5.73 Å². The number of hydrogen-bond acceptors (Lipinski definition) is 5. The van der Waals surface area contributed by atoms with Crippen LogP contribution in [0.15, 0.2) is 75.3 Å². The van der Waals surface area contributed by atoms with Crippen molar-refractivity contribution in [1.29, 1.82) is 5.26 Å². The predicted octanol–water partition coefficient (Wildman–Crippen LogP) is 4.19. The fourth-order valence-electron chi connectivity index (χ4n) is 3.84. The van der Waals surface area contributed by atoms with Crippen LogP contribution < -0.4 is 20.8 Å². The zero-order valence-corrected chi connectivity index (χ0v) is 18.6. The summed E-state index contributed by atoms with van der Waals surface area (Å²) >= 11 is 3.49. The average Bonchev–Trinajstić information content (AvgIpc) is 2.76. The Bertz CT molecular complexity index is 1290. The van der Waals surface area contributed by atoms with Crippen molar-refractivity contribution >= 4 is 15.9 Å². The maximum Gasteiger partial charge on any atom is 0.259 e. The molecule has 6 nitrogen and oxygen atoms in total. The molecular weight excluding hydrogens is 458 g/mol. The van der Waals surface area contributed by atoms with Gasteiger partial charge in [0.1, 0.15) is 23.1 Å². The Balaban J connectivity index is 1.93. The van der Waals surface area contributed by atoms with Crippen LogP contribution in [0.2, 0.25) is 0 Å². The van der Waals surface area contributed by atoms with E-state index in [1.54, 1.807) is 23.8 Å². The Labute approximate surface area is 188 Å². The monoisotopic (exact) mass is 477 g/mol. The number of hydrogen-bond donors (Lipinski definition) is 1. The van der Waals surface area contributed by atoms with Crippen LogP contribution in [-0.2, 0) is 6.54 Å². The van der Waals surface area contributed by atoms with E-state index in [-0.39, 0.29) is 17.0 Å². The molecule has 3 aromatic rings. The van der Waals surface area contributed by atoms with Crippen molar-refractivity contribution in [2.45, 2.75) is 19.4 Å². The van der Waals surface area contributed by atoms with Gasteiger partial charge in [0.05, 0.1) is 29.6 Å². The lowest BCUT2D eigenvalue weighted by atomic mass is 9.84. The van der Waals surface area contributed by atoms with E-state index in [9.17, 15) is 10.1 Å². The predicted molar refractivity (Wildman–Crippen MR) is 121 cm³/mol. The third-order valence-electron chi connectivity index (χ3n) is 5.38. The van der Waals surface area contributed by atoms with E-state index < -0.39 is 5.92 Å². The van der Waals surface area contributed by atoms with Gasteiger partial charge in [-0.15, -0.1) is 0 Å². The Hall–Kier alpha value is -3.50. The fourth-order valence-corrected chi connectivity index (χ4v) is 4.40. The van der Waals surface area contributed by atoms with Crippen LogP contribution in [0.4, 0.5) is 0 Å². The minimum absolute atomic E-state index is 0.00606. The number of rotatable bonds is 4. The number of fused-ring (bicyclic) bond motifs is 1. The number of pyridine rings is 1. The number of ether oxygens (including phenoxy) is 2. The molecule has 0 saturated carbocycles. The number of nitriles is 1. The van der Waals surface area contributed by atoms with Crippen LogP contribution in [0.25, 0.3) is 0 Å². The smallest absolute Gasteiger partial charge is 0.259 e. The van der Waals surface area contributed by atoms with Gasteiger partial charge in [0.15, 0.2) is 0 Å². The van der Waals surface area contributed by atoms with E-state index in [1.165, 1.54) is 0 Å². The molecule has 0 radical (unpaired) electrons. The Morgan fingerprint density at radius 2 is 1.97 bits per heavy atom. The van der Waals surface area contributed by atoms with Crippen molar-refractivity contribution in [2.75, 3.05) is 7.11 Å². The molecule has 2 heterocycles. The minimum atomic E-state index is -0.647. The molecule has 1 unspecified atom stereocenters. The van der Waals surface area contributed by atoms with Gasteiger partial charge in [0, 0.05) is 11.8 Å². The first kappa shape index (κ1) is 20.8. The summed E-state index contributed by atoms with van der Waals surface area (Å²) in [6.07, 6.45) is 0. The molecular formula is C24H20BrN3O3. The number of aromatic nitrogens is 1. The van der Waals surface area contributed by atoms with Gasteiger partial charge in [-0.1, -0.05) is 36.4 Å². The minimum Gasteiger partial charge on any atom is -0.496 e. The zero-order chi connectivity index (χ0) is 22.1. The number of allylic oxidation sites excluding steroid dienone is 1. The topological polar surface area (TPSA) is 90.3 Å². The zero-order valence-electron chi connectivity index (χ0n) is 17.1. The molecule has 0 saturated heterocycles. The summed E-state index contributed by atoms with van der Waals surface area (Å²) in [6, 6.07) is 19.1. The molecule has 31 heavy (non-hydrogen) atoms. The van der Waals surface area contributed by atoms with Crippen LogP contribution in [0.5, 0.6) is 11.5 Å². The molecule has 4 rings (SSSR count). The van der Waals surface area contributed by atoms with Crippen molar-refractivity contribution in [1.82, 2.24) is 4.57 Å². The standard InChI is InChI=1S/C24H20BrN3O3/c1-14-10-20-22(24(29)28(14)13-15-6-4-3-5-7-15)21(17(12-26)23(27)31-20)16-8-9-19(30-2)18(25)11-16/h3-11,21H,13,27H2,1-2H3. The lowest BCUT2D eigenvalue weighted by molar-refractivity contribution is 0.388. The molecule has 2 N–H and O–H groups in total. The second kappa shape index (κ2) is 8.32. The van der Waals surface area contributed by atoms with Crippen LogP contribution >= 0.6 is 15.9 Å². The maximum atomic E-state index is 13.7. The molecule has 1 aliphatic heterocycles. The molecule has 1 aliphatic rings. The quantitative estimate of drug-likeness (QED) is 0.607. The number of nitrogens with two attached hydrogens (primary N) is 1. The van der Waals surface area contributed by atoms with E-state index in [2.05, 4.69) is 22.0 Å². The molecule has 7 heteroatoms. The van der Waals surface area contributed by atoms with Gasteiger partial charge in [-0.05, 0) is 46.1 Å². The lowest BCUT2D eigenvalue weighted by Crippen LogP contribution is -2.33. The van der Waals surface area contributed by atoms with Gasteiger partial charge < -0.3 is 19.8 Å². The summed E-state index contributed by atoms with van der Waals surface area (Å²) in [7, 11) is 1.58. The first-order valence-corrected chi connectivity index (χ1v) is 10.4. The van der Waals surface area contributed by atoms with Gasteiger partial charge in [-0.25, -0.2) is 0 Å². The third kappa shape index (κ3) is 3.71. The summed E-state index contributed by atoms with van der Waals surface area (Å²) in [6.45, 7) is 2.27. The average molecular weight is 478 g/mol. The summed E-state index contributed by atoms with van der Waals surface area (Å²) in [5, 5.41) is 9.83. The molecule has 0 amide bonds. The molecule has 2 aromatic carbocycles. The van der Waals surface area contributed by atoms with E-state index >= 15 is 0 Å². The van der Waals surface area contributed by atoms with Crippen LogP contribution in [0.3, 0.4) is 0 Å². The number of benzene rings is 2. The normalized spacial score (nSPS) is 15.1. The maximum absolute atomic E-state index is 13.7. The van der Waals surface area contributed by atoms with Gasteiger partial charge in [0.2, 0.25) is 5.88 Å². The van der Waals surface area contributed by atoms with Crippen LogP contribution in [0.1, 0.15) is 28.3 Å². The summed E-state index contributed by atoms with van der Waals surface area (Å²) in [4.78, 5) is 13.7. The van der Waals surface area contributed by atoms with Gasteiger partial charge in [0.25, 0.3) is 5.56 Å². The van der Waals surface area contributed by atoms with Gasteiger partial charge >= 0.3 is 0 Å². The molecule has 1 aromatic heterocycles. The molecule has 0 spiro atoms. The highest BCUT2D eigenvalue weighted by Crippen LogP contribution is 2.42. The number of halogens is 1. The Morgan fingerprint density at radius 1 is 1.23 bits per heavy atom. The van der Waals surface area contributed by atoms with E-state index in [1.807, 2.05) is 49.4 Å². The molecule has 0 bridgehead atoms. The highest BCUT2D eigenvalue weighted by atomic mass is 79.9. The fraction of sp³-hybridized carbons (Fsp3) is 0.167. The summed E-state index contributed by atoms with van der Waals surface area (Å²) in [5.41, 5.74) is 8.95. The highest BCUT2D eigenvalue weighted by Gasteiger charge is 2.34. The third-order valence-corrected chi connectivity index (χ3v) is 6.00. The van der Waals surface area contributed by atoms with Crippen molar-refractivity contribution < 1.29 is 9.47 Å². The lowest BCUT2D eigenvalue weighted by Gasteiger charge is -2.27. The largest absolute Gasteiger partial charge is 0.496 e. The van der Waals surface area contributed by atoms with Crippen LogP contribution in [0, 0.1) is 18.3 Å². The molecule has 0 aliphatic carbocycles. The summed E-state index contributed by atoms with van der Waals surface area (Å²) < 4.78 is 13.4.